The quantitative estimate of drug-likeness (QED) is 0.550. The van der Waals surface area contributed by atoms with Crippen molar-refractivity contribution in [2.45, 2.75) is 25.8 Å². The van der Waals surface area contributed by atoms with Crippen LogP contribution in [-0.2, 0) is 4.74 Å². The first-order valence-corrected chi connectivity index (χ1v) is 3.99. The highest BCUT2D eigenvalue weighted by atomic mass is 16.5. The molecule has 0 bridgehead atoms. The summed E-state index contributed by atoms with van der Waals surface area (Å²) in [5, 5.41) is 0. The van der Waals surface area contributed by atoms with Crippen LogP contribution in [0.4, 0.5) is 0 Å². The van der Waals surface area contributed by atoms with Crippen LogP contribution < -0.4 is 0 Å². The van der Waals surface area contributed by atoms with Crippen molar-refractivity contribution in [3.63, 3.8) is 0 Å². The molecule has 0 amide bonds. The average Bonchev–Trinajstić information content (AvgIpc) is 2.31. The van der Waals surface area contributed by atoms with Gasteiger partial charge in [0.05, 0.1) is 6.61 Å². The van der Waals surface area contributed by atoms with E-state index in [1.165, 1.54) is 12.8 Å². The fraction of sp³-hybridized carbons (Fsp3) is 0.875. The summed E-state index contributed by atoms with van der Waals surface area (Å²) in [6.45, 7) is 4.85. The lowest BCUT2D eigenvalue weighted by Crippen LogP contribution is -2.27. The highest BCUT2D eigenvalue weighted by Gasteiger charge is 2.15. The van der Waals surface area contributed by atoms with Crippen LogP contribution in [0.5, 0.6) is 0 Å². The molecule has 2 nitrogen and oxygen atoms in total. The van der Waals surface area contributed by atoms with Crippen LogP contribution in [0.1, 0.15) is 19.8 Å². The standard InChI is InChI=1S/C8H16NO/c1-3-10-7-8-5-4-6-9(8)2/h8H,2-7H2,1H3/q-1/t8-/m1/s1. The Bertz CT molecular complexity index is 95.3. The van der Waals surface area contributed by atoms with E-state index in [2.05, 4.69) is 11.9 Å². The second-order valence-electron chi connectivity index (χ2n) is 2.77. The molecule has 0 aromatic carbocycles. The lowest BCUT2D eigenvalue weighted by molar-refractivity contribution is 0.100. The van der Waals surface area contributed by atoms with Gasteiger partial charge in [-0.3, -0.25) is 7.05 Å². The molecule has 10 heavy (non-hydrogen) atoms. The predicted octanol–water partition coefficient (Wildman–Crippen LogP) is 1.28. The van der Waals surface area contributed by atoms with Crippen molar-refractivity contribution in [3.05, 3.63) is 7.05 Å². The van der Waals surface area contributed by atoms with E-state index >= 15 is 0 Å². The summed E-state index contributed by atoms with van der Waals surface area (Å²) >= 11 is 0. The molecule has 1 heterocycles. The Morgan fingerprint density at radius 1 is 1.70 bits per heavy atom. The monoisotopic (exact) mass is 142 g/mol. The van der Waals surface area contributed by atoms with E-state index in [1.54, 1.807) is 0 Å². The second kappa shape index (κ2) is 3.94. The van der Waals surface area contributed by atoms with Gasteiger partial charge in [0.2, 0.25) is 0 Å². The van der Waals surface area contributed by atoms with Crippen LogP contribution in [0.15, 0.2) is 0 Å². The summed E-state index contributed by atoms with van der Waals surface area (Å²) in [5.74, 6) is 0. The van der Waals surface area contributed by atoms with E-state index in [9.17, 15) is 0 Å². The molecule has 60 valence electrons. The molecule has 0 spiro atoms. The fourth-order valence-corrected chi connectivity index (χ4v) is 1.34. The van der Waals surface area contributed by atoms with Gasteiger partial charge in [-0.2, -0.15) is 0 Å². The summed E-state index contributed by atoms with van der Waals surface area (Å²) in [4.78, 5) is 2.13. The van der Waals surface area contributed by atoms with Gasteiger partial charge >= 0.3 is 0 Å². The van der Waals surface area contributed by atoms with E-state index in [0.717, 1.165) is 19.8 Å². The van der Waals surface area contributed by atoms with Gasteiger partial charge in [0, 0.05) is 12.6 Å². The van der Waals surface area contributed by atoms with Crippen molar-refractivity contribution in [3.8, 4) is 0 Å². The number of nitrogens with zero attached hydrogens (tertiary/aromatic N) is 1. The van der Waals surface area contributed by atoms with Gasteiger partial charge in [0.25, 0.3) is 0 Å². The maximum Gasteiger partial charge on any atom is 0.0597 e. The van der Waals surface area contributed by atoms with E-state index in [4.69, 9.17) is 4.74 Å². The molecule has 1 rings (SSSR count). The summed E-state index contributed by atoms with van der Waals surface area (Å²) in [6, 6.07) is 0.583. The van der Waals surface area contributed by atoms with Crippen LogP contribution >= 0.6 is 0 Å². The van der Waals surface area contributed by atoms with Crippen LogP contribution in [0, 0.1) is 7.05 Å². The SMILES string of the molecule is [CH2-]N1CCC[C@@H]1COCC. The first kappa shape index (κ1) is 8.02. The summed E-state index contributed by atoms with van der Waals surface area (Å²) in [5.41, 5.74) is 0. The molecule has 0 unspecified atom stereocenters. The van der Waals surface area contributed by atoms with Crippen molar-refractivity contribution in [1.29, 1.82) is 0 Å². The fourth-order valence-electron chi connectivity index (χ4n) is 1.34. The molecule has 2 heteroatoms. The summed E-state index contributed by atoms with van der Waals surface area (Å²) < 4.78 is 5.31. The third-order valence-electron chi connectivity index (χ3n) is 2.01. The van der Waals surface area contributed by atoms with E-state index < -0.39 is 0 Å². The average molecular weight is 142 g/mol. The first-order chi connectivity index (χ1) is 4.84. The Kier molecular flexibility index (Phi) is 3.16. The second-order valence-corrected chi connectivity index (χ2v) is 2.77. The van der Waals surface area contributed by atoms with Gasteiger partial charge in [-0.05, 0) is 26.3 Å². The summed E-state index contributed by atoms with van der Waals surface area (Å²) in [6.07, 6.45) is 2.53. The number of hydrogen-bond donors (Lipinski definition) is 0. The highest BCUT2D eigenvalue weighted by Crippen LogP contribution is 2.15. The van der Waals surface area contributed by atoms with Crippen LogP contribution in [0.25, 0.3) is 0 Å². The van der Waals surface area contributed by atoms with E-state index in [1.807, 2.05) is 6.92 Å². The van der Waals surface area contributed by atoms with E-state index in [0.29, 0.717) is 6.04 Å². The summed E-state index contributed by atoms with van der Waals surface area (Å²) in [7, 11) is 3.93. The third kappa shape index (κ3) is 1.96. The van der Waals surface area contributed by atoms with Crippen molar-refractivity contribution >= 4 is 0 Å². The number of hydrogen-bond acceptors (Lipinski definition) is 2. The van der Waals surface area contributed by atoms with Gasteiger partial charge in [-0.15, -0.1) is 0 Å². The molecule has 1 atom stereocenters. The van der Waals surface area contributed by atoms with Crippen LogP contribution in [-0.4, -0.2) is 30.7 Å². The Hall–Kier alpha value is -0.0800. The minimum absolute atomic E-state index is 0.583. The third-order valence-corrected chi connectivity index (χ3v) is 2.01. The molecular formula is C8H16NO-. The smallest absolute Gasteiger partial charge is 0.0597 e. The van der Waals surface area contributed by atoms with Gasteiger partial charge in [-0.1, -0.05) is 0 Å². The maximum atomic E-state index is 5.31. The number of ether oxygens (including phenoxy) is 1. The zero-order valence-corrected chi connectivity index (χ0v) is 6.68. The van der Waals surface area contributed by atoms with Crippen molar-refractivity contribution in [2.75, 3.05) is 19.8 Å². The topological polar surface area (TPSA) is 12.5 Å². The zero-order chi connectivity index (χ0) is 7.40. The zero-order valence-electron chi connectivity index (χ0n) is 6.68. The molecule has 0 aliphatic carbocycles. The minimum atomic E-state index is 0.583. The molecular weight excluding hydrogens is 126 g/mol. The molecule has 0 radical (unpaired) electrons. The number of likely N-dealkylation sites (tertiary alicyclic amines) is 1. The predicted molar refractivity (Wildman–Crippen MR) is 41.6 cm³/mol. The highest BCUT2D eigenvalue weighted by molar-refractivity contribution is 4.77. The van der Waals surface area contributed by atoms with Gasteiger partial charge < -0.3 is 9.64 Å². The lowest BCUT2D eigenvalue weighted by atomic mass is 10.2. The van der Waals surface area contributed by atoms with Crippen molar-refractivity contribution in [1.82, 2.24) is 4.90 Å². The Labute approximate surface area is 63.2 Å². The van der Waals surface area contributed by atoms with E-state index in [-0.39, 0.29) is 0 Å². The molecule has 1 aliphatic heterocycles. The van der Waals surface area contributed by atoms with Crippen molar-refractivity contribution < 1.29 is 4.74 Å². The normalized spacial score (nSPS) is 27.6. The van der Waals surface area contributed by atoms with Crippen LogP contribution in [0.3, 0.4) is 0 Å². The maximum absolute atomic E-state index is 5.31. The Morgan fingerprint density at radius 3 is 3.00 bits per heavy atom. The molecule has 0 N–H and O–H groups in total. The largest absolute Gasteiger partial charge is 0.455 e. The van der Waals surface area contributed by atoms with Gasteiger partial charge in [0.15, 0.2) is 0 Å². The van der Waals surface area contributed by atoms with Crippen LogP contribution in [0.2, 0.25) is 0 Å². The van der Waals surface area contributed by atoms with Gasteiger partial charge in [0.1, 0.15) is 0 Å². The molecule has 0 aromatic heterocycles. The van der Waals surface area contributed by atoms with Gasteiger partial charge in [-0.25, -0.2) is 0 Å². The molecule has 0 aromatic rings. The Morgan fingerprint density at radius 2 is 2.50 bits per heavy atom. The molecule has 1 saturated heterocycles. The molecule has 0 saturated carbocycles. The van der Waals surface area contributed by atoms with Crippen molar-refractivity contribution in [2.24, 2.45) is 0 Å². The minimum Gasteiger partial charge on any atom is -0.455 e. The Balaban J connectivity index is 2.14. The molecule has 1 aliphatic rings. The lowest BCUT2D eigenvalue weighted by Gasteiger charge is -2.26. The molecule has 1 fully saturated rings. The first-order valence-electron chi connectivity index (χ1n) is 3.99. The number of rotatable bonds is 3.